The molecular formula is C25H22F3N3O3. The number of rotatable bonds is 2. The molecule has 176 valence electrons. The Morgan fingerprint density at radius 1 is 1.00 bits per heavy atom. The first-order valence-corrected chi connectivity index (χ1v) is 11.0. The number of hydrogen-bond donors (Lipinski definition) is 1. The van der Waals surface area contributed by atoms with Gasteiger partial charge in [0.1, 0.15) is 6.04 Å². The molecule has 6 nitrogen and oxygen atoms in total. The summed E-state index contributed by atoms with van der Waals surface area (Å²) < 4.78 is 42.4. The van der Waals surface area contributed by atoms with Crippen molar-refractivity contribution in [3.63, 3.8) is 0 Å². The number of carbonyl (C=O) groups excluding carboxylic acids is 1. The van der Waals surface area contributed by atoms with Gasteiger partial charge in [0.05, 0.1) is 12.2 Å². The molecule has 1 aliphatic heterocycles. The predicted octanol–water partition coefficient (Wildman–Crippen LogP) is 3.83. The maximum atomic E-state index is 13.7. The molecule has 0 spiro atoms. The zero-order valence-corrected chi connectivity index (χ0v) is 18.3. The fourth-order valence-corrected chi connectivity index (χ4v) is 5.15. The van der Waals surface area contributed by atoms with Crippen LogP contribution in [-0.4, -0.2) is 44.5 Å². The monoisotopic (exact) mass is 469 g/mol. The molecule has 0 saturated carbocycles. The van der Waals surface area contributed by atoms with E-state index in [2.05, 4.69) is 5.10 Å². The number of aromatic hydroxyl groups is 1. The lowest BCUT2D eigenvalue weighted by atomic mass is 9.81. The van der Waals surface area contributed by atoms with E-state index in [-0.39, 0.29) is 6.54 Å². The van der Waals surface area contributed by atoms with Gasteiger partial charge >= 0.3 is 6.18 Å². The quantitative estimate of drug-likeness (QED) is 0.619. The van der Waals surface area contributed by atoms with Crippen LogP contribution in [0.4, 0.5) is 13.2 Å². The average molecular weight is 469 g/mol. The van der Waals surface area contributed by atoms with E-state index in [4.69, 9.17) is 0 Å². The van der Waals surface area contributed by atoms with Crippen LogP contribution in [0.1, 0.15) is 51.6 Å². The largest absolute Gasteiger partial charge is 0.502 e. The van der Waals surface area contributed by atoms with Crippen LogP contribution in [0.25, 0.3) is 0 Å². The number of aryl methyl sites for hydroxylation is 2. The minimum atomic E-state index is -4.68. The molecule has 34 heavy (non-hydrogen) atoms. The molecule has 3 aromatic rings. The first kappa shape index (κ1) is 22.2. The number of nitrogens with zero attached hydrogens (tertiary/aromatic N) is 3. The Morgan fingerprint density at radius 3 is 2.12 bits per heavy atom. The summed E-state index contributed by atoms with van der Waals surface area (Å²) in [6, 6.07) is 12.6. The summed E-state index contributed by atoms with van der Waals surface area (Å²) in [4.78, 5) is 25.9. The van der Waals surface area contributed by atoms with E-state index in [1.165, 1.54) is 4.68 Å². The summed E-state index contributed by atoms with van der Waals surface area (Å²) in [5.74, 6) is -2.41. The number of aromatic nitrogens is 2. The first-order valence-electron chi connectivity index (χ1n) is 11.0. The molecule has 1 amide bonds. The molecule has 0 bridgehead atoms. The van der Waals surface area contributed by atoms with Crippen LogP contribution < -0.4 is 5.43 Å². The van der Waals surface area contributed by atoms with Gasteiger partial charge in [-0.2, -0.15) is 18.3 Å². The highest BCUT2D eigenvalue weighted by Gasteiger charge is 2.48. The Balaban J connectivity index is 1.77. The third-order valence-corrected chi connectivity index (χ3v) is 6.92. The van der Waals surface area contributed by atoms with Crippen molar-refractivity contribution in [1.29, 1.82) is 0 Å². The number of alkyl halides is 3. The van der Waals surface area contributed by atoms with Crippen molar-refractivity contribution in [1.82, 2.24) is 14.7 Å². The summed E-state index contributed by atoms with van der Waals surface area (Å²) >= 11 is 0. The SMILES string of the molecule is C[C@@H](N1C[C@@H](C2c3ccccc3CCc3ccccc32)n2ncc(=O)c(O)c2C1=O)C(F)(F)F. The molecule has 0 fully saturated rings. The van der Waals surface area contributed by atoms with Crippen molar-refractivity contribution in [2.24, 2.45) is 0 Å². The molecule has 2 atom stereocenters. The minimum absolute atomic E-state index is 0.283. The molecule has 5 rings (SSSR count). The molecule has 0 unspecified atom stereocenters. The zero-order valence-electron chi connectivity index (χ0n) is 18.3. The highest BCUT2D eigenvalue weighted by molar-refractivity contribution is 5.96. The summed E-state index contributed by atoms with van der Waals surface area (Å²) in [7, 11) is 0. The van der Waals surface area contributed by atoms with Crippen LogP contribution in [0, 0.1) is 0 Å². The Kier molecular flexibility index (Phi) is 5.22. The fourth-order valence-electron chi connectivity index (χ4n) is 5.15. The predicted molar refractivity (Wildman–Crippen MR) is 118 cm³/mol. The van der Waals surface area contributed by atoms with E-state index in [1.807, 2.05) is 48.5 Å². The average Bonchev–Trinajstić information content (AvgIpc) is 2.97. The van der Waals surface area contributed by atoms with E-state index in [0.29, 0.717) is 4.90 Å². The van der Waals surface area contributed by atoms with Crippen LogP contribution in [0.5, 0.6) is 5.75 Å². The van der Waals surface area contributed by atoms with Crippen LogP contribution in [0.15, 0.2) is 59.5 Å². The van der Waals surface area contributed by atoms with Crippen molar-refractivity contribution in [3.05, 3.63) is 92.9 Å². The number of benzene rings is 2. The minimum Gasteiger partial charge on any atom is -0.502 e. The molecule has 1 aliphatic carbocycles. The van der Waals surface area contributed by atoms with E-state index in [9.17, 15) is 27.9 Å². The van der Waals surface area contributed by atoms with Gasteiger partial charge in [-0.15, -0.1) is 0 Å². The van der Waals surface area contributed by atoms with Crippen LogP contribution in [-0.2, 0) is 12.8 Å². The Morgan fingerprint density at radius 2 is 1.56 bits per heavy atom. The topological polar surface area (TPSA) is 75.4 Å². The van der Waals surface area contributed by atoms with Crippen LogP contribution in [0.3, 0.4) is 0 Å². The van der Waals surface area contributed by atoms with Gasteiger partial charge in [-0.05, 0) is 42.0 Å². The molecule has 2 heterocycles. The van der Waals surface area contributed by atoms with Crippen molar-refractivity contribution in [2.45, 2.75) is 43.9 Å². The number of hydrogen-bond acceptors (Lipinski definition) is 4. The lowest BCUT2D eigenvalue weighted by Gasteiger charge is -2.42. The highest BCUT2D eigenvalue weighted by atomic mass is 19.4. The van der Waals surface area contributed by atoms with E-state index >= 15 is 0 Å². The number of carbonyl (C=O) groups is 1. The highest BCUT2D eigenvalue weighted by Crippen LogP contribution is 2.44. The lowest BCUT2D eigenvalue weighted by Crippen LogP contribution is -2.54. The Hall–Kier alpha value is -3.62. The molecule has 1 N–H and O–H groups in total. The third kappa shape index (κ3) is 3.46. The molecule has 2 aromatic carbocycles. The molecule has 0 radical (unpaired) electrons. The third-order valence-electron chi connectivity index (χ3n) is 6.92. The van der Waals surface area contributed by atoms with E-state index in [0.717, 1.165) is 48.2 Å². The van der Waals surface area contributed by atoms with Gasteiger partial charge in [-0.3, -0.25) is 14.3 Å². The number of amides is 1. The van der Waals surface area contributed by atoms with Gasteiger partial charge < -0.3 is 10.0 Å². The molecule has 2 aliphatic rings. The van der Waals surface area contributed by atoms with Crippen molar-refractivity contribution < 1.29 is 23.1 Å². The van der Waals surface area contributed by atoms with Gasteiger partial charge in [-0.1, -0.05) is 48.5 Å². The molecule has 9 heteroatoms. The van der Waals surface area contributed by atoms with Crippen molar-refractivity contribution in [3.8, 4) is 5.75 Å². The second-order valence-corrected chi connectivity index (χ2v) is 8.77. The second-order valence-electron chi connectivity index (χ2n) is 8.77. The van der Waals surface area contributed by atoms with Crippen LogP contribution >= 0.6 is 0 Å². The maximum Gasteiger partial charge on any atom is 0.408 e. The summed E-state index contributed by atoms with van der Waals surface area (Å²) in [5.41, 5.74) is 2.54. The van der Waals surface area contributed by atoms with Crippen molar-refractivity contribution in [2.75, 3.05) is 6.54 Å². The fraction of sp³-hybridized carbons (Fsp3) is 0.320. The summed E-state index contributed by atoms with van der Waals surface area (Å²) in [6.45, 7) is 0.625. The van der Waals surface area contributed by atoms with Crippen LogP contribution in [0.2, 0.25) is 0 Å². The molecule has 0 saturated heterocycles. The normalized spacial score (nSPS) is 19.1. The Labute approximate surface area is 193 Å². The standard InChI is InChI=1S/C25H22F3N3O3/c1-14(25(26,27)28)30-13-19(31-22(24(30)34)23(33)20(32)12-29-31)21-17-8-4-2-6-15(17)10-11-16-7-3-5-9-18(16)21/h2-9,12,14,19,21,33H,10-11,13H2,1H3/t14-,19+/m1/s1. The number of halogens is 3. The zero-order chi connectivity index (χ0) is 24.2. The van der Waals surface area contributed by atoms with E-state index in [1.54, 1.807) is 0 Å². The van der Waals surface area contributed by atoms with Gasteiger partial charge in [0.15, 0.2) is 11.4 Å². The van der Waals surface area contributed by atoms with Gasteiger partial charge in [-0.25, -0.2) is 0 Å². The lowest BCUT2D eigenvalue weighted by molar-refractivity contribution is -0.174. The first-order chi connectivity index (χ1) is 16.2. The summed E-state index contributed by atoms with van der Waals surface area (Å²) in [5, 5.41) is 14.6. The van der Waals surface area contributed by atoms with Gasteiger partial charge in [0.25, 0.3) is 5.91 Å². The Bertz CT molecular complexity index is 1290. The smallest absolute Gasteiger partial charge is 0.408 e. The van der Waals surface area contributed by atoms with Gasteiger partial charge in [0, 0.05) is 12.5 Å². The number of fused-ring (bicyclic) bond motifs is 3. The van der Waals surface area contributed by atoms with Crippen molar-refractivity contribution >= 4 is 5.91 Å². The second kappa shape index (κ2) is 8.00. The molecule has 1 aromatic heterocycles. The van der Waals surface area contributed by atoms with E-state index < -0.39 is 47.0 Å². The maximum absolute atomic E-state index is 13.7. The molecular weight excluding hydrogens is 447 g/mol. The van der Waals surface area contributed by atoms with Gasteiger partial charge in [0.2, 0.25) is 5.43 Å². The summed E-state index contributed by atoms with van der Waals surface area (Å²) in [6.07, 6.45) is -2.27.